The summed E-state index contributed by atoms with van der Waals surface area (Å²) < 4.78 is 1.00. The number of rotatable bonds is 14. The Morgan fingerprint density at radius 1 is 0.784 bits per heavy atom. The van der Waals surface area contributed by atoms with E-state index in [1.165, 1.54) is 0 Å². The first-order valence-corrected chi connectivity index (χ1v) is 16.4. The third-order valence-corrected chi connectivity index (χ3v) is 10.2. The maximum Gasteiger partial charge on any atom is 0.261 e. The smallest absolute Gasteiger partial charge is 0.261 e. The van der Waals surface area contributed by atoms with Crippen molar-refractivity contribution in [3.05, 3.63) is 54.3 Å². The van der Waals surface area contributed by atoms with Crippen molar-refractivity contribution in [3.8, 4) is 0 Å². The van der Waals surface area contributed by atoms with Crippen molar-refractivity contribution in [3.63, 3.8) is 0 Å². The van der Waals surface area contributed by atoms with Crippen LogP contribution in [-0.4, -0.2) is 34.7 Å². The molecule has 4 rings (SSSR count). The molecule has 37 heavy (non-hydrogen) atoms. The van der Waals surface area contributed by atoms with Crippen LogP contribution in [0.2, 0.25) is 0 Å². The Hall–Kier alpha value is -1.70. The molecule has 2 amide bonds. The highest BCUT2D eigenvalue weighted by molar-refractivity contribution is 9.11. The van der Waals surface area contributed by atoms with Gasteiger partial charge in [-0.1, -0.05) is 72.3 Å². The van der Waals surface area contributed by atoms with Crippen molar-refractivity contribution in [2.75, 3.05) is 13.1 Å². The predicted molar refractivity (Wildman–Crippen MR) is 160 cm³/mol. The summed E-state index contributed by atoms with van der Waals surface area (Å²) in [6, 6.07) is 8.13. The quantitative estimate of drug-likeness (QED) is 0.217. The lowest BCUT2D eigenvalue weighted by Gasteiger charge is -2.29. The molecule has 2 aromatic rings. The molecule has 4 heterocycles. The molecule has 0 saturated heterocycles. The fourth-order valence-corrected chi connectivity index (χ4v) is 7.69. The molecule has 2 aliphatic rings. The van der Waals surface area contributed by atoms with E-state index in [0.717, 1.165) is 76.3 Å². The third kappa shape index (κ3) is 5.84. The zero-order valence-electron chi connectivity index (χ0n) is 22.5. The lowest BCUT2D eigenvalue weighted by molar-refractivity contribution is -0.124. The van der Waals surface area contributed by atoms with E-state index in [1.54, 1.807) is 22.7 Å². The maximum absolute atomic E-state index is 14.3. The third-order valence-electron chi connectivity index (χ3n) is 7.71. The summed E-state index contributed by atoms with van der Waals surface area (Å²) in [6.07, 6.45) is 8.85. The molecule has 200 valence electrons. The van der Waals surface area contributed by atoms with Gasteiger partial charge >= 0.3 is 0 Å². The van der Waals surface area contributed by atoms with E-state index in [1.807, 2.05) is 33.4 Å². The number of halogens is 1. The van der Waals surface area contributed by atoms with Gasteiger partial charge in [0.25, 0.3) is 11.8 Å². The first kappa shape index (κ1) is 28.3. The van der Waals surface area contributed by atoms with Crippen molar-refractivity contribution in [1.82, 2.24) is 9.80 Å². The van der Waals surface area contributed by atoms with Crippen LogP contribution in [0.4, 0.5) is 0 Å². The molecular formula is C30H39BrN2O2S2. The Balaban J connectivity index is 1.83. The van der Waals surface area contributed by atoms with Gasteiger partial charge in [0.2, 0.25) is 0 Å². The molecule has 0 aliphatic carbocycles. The zero-order chi connectivity index (χ0) is 26.5. The molecule has 0 aromatic carbocycles. The first-order valence-electron chi connectivity index (χ1n) is 13.9. The van der Waals surface area contributed by atoms with Gasteiger partial charge in [-0.15, -0.1) is 22.7 Å². The monoisotopic (exact) mass is 602 g/mol. The van der Waals surface area contributed by atoms with E-state index in [2.05, 4.69) is 49.7 Å². The van der Waals surface area contributed by atoms with Gasteiger partial charge in [-0.25, -0.2) is 0 Å². The summed E-state index contributed by atoms with van der Waals surface area (Å²) >= 11 is 6.82. The maximum atomic E-state index is 14.3. The van der Waals surface area contributed by atoms with Crippen LogP contribution >= 0.6 is 38.6 Å². The van der Waals surface area contributed by atoms with Gasteiger partial charge in [0, 0.05) is 13.1 Å². The number of fused-ring (bicyclic) bond motifs is 1. The van der Waals surface area contributed by atoms with Gasteiger partial charge in [0.05, 0.1) is 36.1 Å². The number of unbranched alkanes of at least 4 members (excludes halogenated alkanes) is 2. The van der Waals surface area contributed by atoms with E-state index in [0.29, 0.717) is 36.1 Å². The van der Waals surface area contributed by atoms with Gasteiger partial charge in [-0.2, -0.15) is 0 Å². The molecule has 0 radical (unpaired) electrons. The number of nitrogens with zero attached hydrogens (tertiary/aromatic N) is 2. The standard InChI is InChI=1S/C30H39BrN2O2S2/c1-5-9-12-20(7-3)18-32-27(22-14-11-17-36-22)25-26(30(32)35)28(23-15-16-24(31)37-23)33(29(25)34)19-21(8-4)13-10-6-2/h11,14-17,20-21H,5-10,12-13,18-19H2,1-4H3/t20-,21-/m0/s1. The van der Waals surface area contributed by atoms with Crippen LogP contribution in [0.5, 0.6) is 0 Å². The summed E-state index contributed by atoms with van der Waals surface area (Å²) in [5.74, 6) is 0.816. The number of carbonyl (C=O) groups excluding carboxylic acids is 2. The van der Waals surface area contributed by atoms with Crippen molar-refractivity contribution in [1.29, 1.82) is 0 Å². The largest absolute Gasteiger partial charge is 0.306 e. The average molecular weight is 604 g/mol. The fourth-order valence-electron chi connectivity index (χ4n) is 5.46. The molecular weight excluding hydrogens is 564 g/mol. The van der Waals surface area contributed by atoms with Crippen molar-refractivity contribution < 1.29 is 9.59 Å². The number of thiophene rings is 2. The second-order valence-electron chi connectivity index (χ2n) is 10.2. The number of carbonyl (C=O) groups is 2. The highest BCUT2D eigenvalue weighted by atomic mass is 79.9. The molecule has 0 spiro atoms. The summed E-state index contributed by atoms with van der Waals surface area (Å²) in [7, 11) is 0. The Bertz CT molecular complexity index is 1160. The molecule has 7 heteroatoms. The van der Waals surface area contributed by atoms with Crippen LogP contribution in [-0.2, 0) is 9.59 Å². The number of hydrogen-bond acceptors (Lipinski definition) is 4. The number of amides is 2. The highest BCUT2D eigenvalue weighted by Gasteiger charge is 2.49. The van der Waals surface area contributed by atoms with E-state index in [-0.39, 0.29) is 11.8 Å². The summed E-state index contributed by atoms with van der Waals surface area (Å²) in [6.45, 7) is 10.2. The first-order chi connectivity index (χ1) is 17.9. The van der Waals surface area contributed by atoms with Gasteiger partial charge < -0.3 is 9.80 Å². The van der Waals surface area contributed by atoms with E-state index >= 15 is 0 Å². The lowest BCUT2D eigenvalue weighted by Crippen LogP contribution is -2.34. The van der Waals surface area contributed by atoms with Gasteiger partial charge in [0.15, 0.2) is 0 Å². The van der Waals surface area contributed by atoms with Crippen LogP contribution in [0.25, 0.3) is 11.4 Å². The Morgan fingerprint density at radius 3 is 1.73 bits per heavy atom. The Kier molecular flexibility index (Phi) is 9.87. The molecule has 0 saturated carbocycles. The highest BCUT2D eigenvalue weighted by Crippen LogP contribution is 2.49. The van der Waals surface area contributed by atoms with Crippen molar-refractivity contribution in [2.45, 2.75) is 79.1 Å². The molecule has 2 aromatic heterocycles. The van der Waals surface area contributed by atoms with Crippen molar-refractivity contribution in [2.24, 2.45) is 11.8 Å². The topological polar surface area (TPSA) is 40.6 Å². The fraction of sp³-hybridized carbons (Fsp3) is 0.533. The van der Waals surface area contributed by atoms with Crippen LogP contribution in [0.1, 0.15) is 88.8 Å². The average Bonchev–Trinajstić information content (AvgIpc) is 3.67. The molecule has 0 fully saturated rings. The van der Waals surface area contributed by atoms with Crippen LogP contribution in [0, 0.1) is 11.8 Å². The molecule has 0 unspecified atom stereocenters. The summed E-state index contributed by atoms with van der Waals surface area (Å²) in [5, 5.41) is 2.04. The number of hydrogen-bond donors (Lipinski definition) is 0. The van der Waals surface area contributed by atoms with Crippen molar-refractivity contribution >= 4 is 61.8 Å². The molecule has 2 aliphatic heterocycles. The van der Waals surface area contributed by atoms with Crippen LogP contribution in [0.15, 0.2) is 44.6 Å². The Labute approximate surface area is 238 Å². The van der Waals surface area contributed by atoms with Crippen LogP contribution < -0.4 is 0 Å². The minimum absolute atomic E-state index is 0.00896. The van der Waals surface area contributed by atoms with E-state index in [4.69, 9.17) is 0 Å². The second-order valence-corrected chi connectivity index (χ2v) is 13.6. The molecule has 4 nitrogen and oxygen atoms in total. The summed E-state index contributed by atoms with van der Waals surface area (Å²) in [4.78, 5) is 34.4. The molecule has 0 bridgehead atoms. The molecule has 0 N–H and O–H groups in total. The predicted octanol–water partition coefficient (Wildman–Crippen LogP) is 8.81. The van der Waals surface area contributed by atoms with Crippen LogP contribution in [0.3, 0.4) is 0 Å². The normalized spacial score (nSPS) is 17.4. The van der Waals surface area contributed by atoms with E-state index in [9.17, 15) is 9.59 Å². The SMILES string of the molecule is CCCC[C@H](CC)CN1C(=O)C2=C(c3ccc(Br)s3)N(C[C@@H](CC)CCCC)C(=O)C2=C1c1cccs1. The second kappa shape index (κ2) is 12.9. The zero-order valence-corrected chi connectivity index (χ0v) is 25.7. The minimum atomic E-state index is -0.00896. The van der Waals surface area contributed by atoms with E-state index < -0.39 is 0 Å². The minimum Gasteiger partial charge on any atom is -0.306 e. The van der Waals surface area contributed by atoms with Gasteiger partial charge in [0.1, 0.15) is 0 Å². The Morgan fingerprint density at radius 2 is 1.32 bits per heavy atom. The summed E-state index contributed by atoms with van der Waals surface area (Å²) in [5.41, 5.74) is 2.86. The van der Waals surface area contributed by atoms with Gasteiger partial charge in [-0.05, 0) is 64.2 Å². The van der Waals surface area contributed by atoms with Gasteiger partial charge in [-0.3, -0.25) is 9.59 Å². The lowest BCUT2D eigenvalue weighted by atomic mass is 9.98. The molecule has 2 atom stereocenters.